The molecule has 1 unspecified atom stereocenters. The number of hydrogen-bond donors (Lipinski definition) is 3. The maximum absolute atomic E-state index is 12.0. The van der Waals surface area contributed by atoms with Gasteiger partial charge in [0.25, 0.3) is 0 Å². The molecule has 0 bridgehead atoms. The van der Waals surface area contributed by atoms with Crippen molar-refractivity contribution in [3.05, 3.63) is 64.7 Å². The highest BCUT2D eigenvalue weighted by Gasteiger charge is 2.47. The van der Waals surface area contributed by atoms with E-state index in [-0.39, 0.29) is 19.5 Å². The molecular weight excluding hydrogens is 378 g/mol. The maximum atomic E-state index is 12.0. The lowest BCUT2D eigenvalue weighted by molar-refractivity contribution is 0.105. The third-order valence-corrected chi connectivity index (χ3v) is 6.09. The molecule has 1 heterocycles. The van der Waals surface area contributed by atoms with Crippen LogP contribution in [-0.2, 0) is 16.5 Å². The van der Waals surface area contributed by atoms with E-state index in [1.165, 1.54) is 0 Å². The van der Waals surface area contributed by atoms with Crippen LogP contribution in [0.2, 0.25) is 5.02 Å². The third kappa shape index (κ3) is 4.02. The van der Waals surface area contributed by atoms with E-state index in [1.54, 1.807) is 36.4 Å². The number of aliphatic hydroxyl groups excluding tert-OH is 1. The van der Waals surface area contributed by atoms with Crippen molar-refractivity contribution in [3.63, 3.8) is 0 Å². The topological polar surface area (TPSA) is 95.9 Å². The van der Waals surface area contributed by atoms with Crippen molar-refractivity contribution < 1.29 is 22.8 Å². The van der Waals surface area contributed by atoms with E-state index in [9.17, 15) is 18.1 Å². The fraction of sp³-hybridized carbons (Fsp3) is 0.333. The van der Waals surface area contributed by atoms with Crippen LogP contribution in [0.3, 0.4) is 0 Å². The Balaban J connectivity index is 1.71. The number of halogens is 1. The minimum Gasteiger partial charge on any atom is -0.467 e. The molecule has 0 saturated heterocycles. The summed E-state index contributed by atoms with van der Waals surface area (Å²) in [7, 11) is -4.49. The quantitative estimate of drug-likeness (QED) is 0.648. The molecule has 0 aromatic heterocycles. The van der Waals surface area contributed by atoms with Crippen LogP contribution in [0.4, 0.5) is 0 Å². The summed E-state index contributed by atoms with van der Waals surface area (Å²) in [6.45, 7) is -0.0690. The van der Waals surface area contributed by atoms with Crippen LogP contribution in [0.1, 0.15) is 23.7 Å². The Morgan fingerprint density at radius 3 is 2.73 bits per heavy atom. The summed E-state index contributed by atoms with van der Waals surface area (Å²) in [6.07, 6.45) is -0.291. The predicted molar refractivity (Wildman–Crippen MR) is 99.0 cm³/mol. The van der Waals surface area contributed by atoms with Crippen molar-refractivity contribution in [2.75, 3.05) is 13.1 Å². The van der Waals surface area contributed by atoms with Crippen molar-refractivity contribution in [1.29, 1.82) is 0 Å². The predicted octanol–water partition coefficient (Wildman–Crippen LogP) is 2.57. The molecule has 0 amide bonds. The summed E-state index contributed by atoms with van der Waals surface area (Å²) in [5.74, 6) is 0.438. The van der Waals surface area contributed by atoms with Crippen LogP contribution in [0, 0.1) is 0 Å². The fourth-order valence-corrected chi connectivity index (χ4v) is 4.05. The number of aliphatic hydroxyl groups is 1. The molecule has 2 aromatic carbocycles. The SMILES string of the molecule is O=S(=O)(O)C1(CNC[C@H](O)c2cccc(Cl)c2)CCc2ccccc2O1. The van der Waals surface area contributed by atoms with E-state index in [2.05, 4.69) is 5.32 Å². The Morgan fingerprint density at radius 1 is 1.23 bits per heavy atom. The minimum atomic E-state index is -4.49. The molecule has 26 heavy (non-hydrogen) atoms. The first-order valence-corrected chi connectivity index (χ1v) is 10.0. The van der Waals surface area contributed by atoms with Crippen LogP contribution >= 0.6 is 11.6 Å². The number of rotatable bonds is 6. The molecule has 140 valence electrons. The monoisotopic (exact) mass is 397 g/mol. The van der Waals surface area contributed by atoms with Crippen molar-refractivity contribution in [1.82, 2.24) is 5.32 Å². The van der Waals surface area contributed by atoms with Crippen molar-refractivity contribution in [3.8, 4) is 5.75 Å². The first-order valence-electron chi connectivity index (χ1n) is 8.19. The molecule has 0 fully saturated rings. The molecular formula is C18H20ClNO5S. The second-order valence-electron chi connectivity index (χ2n) is 6.30. The fourth-order valence-electron chi connectivity index (χ4n) is 3.01. The van der Waals surface area contributed by atoms with E-state index in [1.807, 2.05) is 12.1 Å². The average molecular weight is 398 g/mol. The molecule has 0 saturated carbocycles. The van der Waals surface area contributed by atoms with Gasteiger partial charge in [-0.3, -0.25) is 4.55 Å². The molecule has 3 rings (SSSR count). The van der Waals surface area contributed by atoms with Crippen LogP contribution in [0.25, 0.3) is 0 Å². The Morgan fingerprint density at radius 2 is 2.00 bits per heavy atom. The lowest BCUT2D eigenvalue weighted by Gasteiger charge is -2.36. The van der Waals surface area contributed by atoms with E-state index in [0.29, 0.717) is 22.8 Å². The second kappa shape index (κ2) is 7.54. The van der Waals surface area contributed by atoms with Gasteiger partial charge in [-0.1, -0.05) is 41.9 Å². The van der Waals surface area contributed by atoms with Crippen LogP contribution in [0.15, 0.2) is 48.5 Å². The number of nitrogens with one attached hydrogen (secondary N) is 1. The van der Waals surface area contributed by atoms with E-state index >= 15 is 0 Å². The van der Waals surface area contributed by atoms with Gasteiger partial charge in [-0.25, -0.2) is 0 Å². The Kier molecular flexibility index (Phi) is 5.55. The molecule has 0 aliphatic carbocycles. The van der Waals surface area contributed by atoms with Crippen molar-refractivity contribution in [2.45, 2.75) is 23.9 Å². The highest BCUT2D eigenvalue weighted by molar-refractivity contribution is 7.87. The molecule has 1 aliphatic heterocycles. The lowest BCUT2D eigenvalue weighted by atomic mass is 10.0. The molecule has 1 aliphatic rings. The smallest absolute Gasteiger partial charge is 0.307 e. The standard InChI is InChI=1S/C18H20ClNO5S/c19-15-6-3-5-14(10-15)16(21)11-20-12-18(26(22,23)24)9-8-13-4-1-2-7-17(13)25-18/h1-7,10,16,20-21H,8-9,11-12H2,(H,22,23,24)/t16-,18?/m0/s1. The van der Waals surface area contributed by atoms with Crippen molar-refractivity contribution >= 4 is 21.7 Å². The number of fused-ring (bicyclic) bond motifs is 1. The normalized spacial score (nSPS) is 20.9. The highest BCUT2D eigenvalue weighted by Crippen LogP contribution is 2.35. The largest absolute Gasteiger partial charge is 0.467 e. The minimum absolute atomic E-state index is 0.0859. The average Bonchev–Trinajstić information content (AvgIpc) is 2.60. The number of ether oxygens (including phenoxy) is 1. The molecule has 6 nitrogen and oxygen atoms in total. The van der Waals surface area contributed by atoms with Gasteiger partial charge in [0.05, 0.1) is 12.6 Å². The van der Waals surface area contributed by atoms with Crippen LogP contribution in [-0.4, -0.2) is 36.1 Å². The van der Waals surface area contributed by atoms with Crippen LogP contribution < -0.4 is 10.1 Å². The summed E-state index contributed by atoms with van der Waals surface area (Å²) in [5.41, 5.74) is 1.51. The van der Waals surface area contributed by atoms with E-state index < -0.39 is 21.2 Å². The zero-order chi connectivity index (χ0) is 18.8. The number of benzene rings is 2. The first kappa shape index (κ1) is 19.1. The lowest BCUT2D eigenvalue weighted by Crippen LogP contribution is -2.54. The zero-order valence-electron chi connectivity index (χ0n) is 13.9. The molecule has 2 aromatic rings. The van der Waals surface area contributed by atoms with Gasteiger partial charge in [0, 0.05) is 18.0 Å². The number of para-hydroxylation sites is 1. The van der Waals surface area contributed by atoms with Crippen molar-refractivity contribution in [2.24, 2.45) is 0 Å². The molecule has 8 heteroatoms. The van der Waals surface area contributed by atoms with Gasteiger partial charge < -0.3 is 15.2 Å². The molecule has 0 radical (unpaired) electrons. The van der Waals surface area contributed by atoms with Gasteiger partial charge in [-0.15, -0.1) is 0 Å². The summed E-state index contributed by atoms with van der Waals surface area (Å²) < 4.78 is 39.5. The Bertz CT molecular complexity index is 889. The van der Waals surface area contributed by atoms with E-state index in [0.717, 1.165) is 5.56 Å². The maximum Gasteiger partial charge on any atom is 0.307 e. The summed E-state index contributed by atoms with van der Waals surface area (Å²) in [6, 6.07) is 13.9. The third-order valence-electron chi connectivity index (χ3n) is 4.48. The summed E-state index contributed by atoms with van der Waals surface area (Å²) in [4.78, 5) is -1.78. The molecule has 2 atom stereocenters. The zero-order valence-corrected chi connectivity index (χ0v) is 15.5. The van der Waals surface area contributed by atoms with Gasteiger partial charge >= 0.3 is 10.1 Å². The highest BCUT2D eigenvalue weighted by atomic mass is 35.5. The second-order valence-corrected chi connectivity index (χ2v) is 8.43. The van der Waals surface area contributed by atoms with Gasteiger partial charge in [0.1, 0.15) is 5.75 Å². The summed E-state index contributed by atoms with van der Waals surface area (Å²) >= 11 is 5.91. The van der Waals surface area contributed by atoms with Gasteiger partial charge in [-0.2, -0.15) is 8.42 Å². The first-order chi connectivity index (χ1) is 12.3. The van der Waals surface area contributed by atoms with Gasteiger partial charge in [0.2, 0.25) is 4.93 Å². The molecule has 3 N–H and O–H groups in total. The van der Waals surface area contributed by atoms with Gasteiger partial charge in [-0.05, 0) is 35.7 Å². The number of aryl methyl sites for hydroxylation is 1. The Hall–Kier alpha value is -1.64. The van der Waals surface area contributed by atoms with E-state index in [4.69, 9.17) is 16.3 Å². The number of hydrogen-bond acceptors (Lipinski definition) is 5. The van der Waals surface area contributed by atoms with Gasteiger partial charge in [0.15, 0.2) is 0 Å². The summed E-state index contributed by atoms with van der Waals surface area (Å²) in [5, 5.41) is 13.6. The van der Waals surface area contributed by atoms with Crippen LogP contribution in [0.5, 0.6) is 5.75 Å². The Labute approximate surface area is 157 Å². The molecule has 0 spiro atoms.